The van der Waals surface area contributed by atoms with E-state index in [-0.39, 0.29) is 29.1 Å². The van der Waals surface area contributed by atoms with E-state index in [0.29, 0.717) is 31.5 Å². The molecule has 1 saturated heterocycles. The number of carbonyl (C=O) groups excluding carboxylic acids is 2. The van der Waals surface area contributed by atoms with E-state index in [4.69, 9.17) is 9.47 Å². The number of rotatable bonds is 6. The molecule has 35 heavy (non-hydrogen) atoms. The molecule has 1 N–H and O–H groups in total. The molecule has 186 valence electrons. The van der Waals surface area contributed by atoms with Gasteiger partial charge in [-0.2, -0.15) is 0 Å². The van der Waals surface area contributed by atoms with Gasteiger partial charge in [0.05, 0.1) is 11.0 Å². The average molecular weight is 487 g/mol. The Hall–Kier alpha value is -4.02. The number of benzene rings is 1. The van der Waals surface area contributed by atoms with Gasteiger partial charge >= 0.3 is 6.09 Å². The summed E-state index contributed by atoms with van der Waals surface area (Å²) in [6.45, 7) is 6.31. The Kier molecular flexibility index (Phi) is 8.00. The molecule has 1 aliphatic heterocycles. The molecule has 0 bridgehead atoms. The lowest BCUT2D eigenvalue weighted by Crippen LogP contribution is -2.47. The number of pyridine rings is 1. The van der Waals surface area contributed by atoms with Crippen LogP contribution in [0.4, 0.5) is 14.9 Å². The standard InChI is InChI=1S/C24H27FN4O6/c1-24(2,3)35-23(31)27-17-9-12-28(13-10-17)22(30)7-4-16-15-26-11-8-20(16)34-21-6-5-18(29(32)33)14-19(21)25/h4-8,11,14-15,17H,9-10,12-13H2,1-3H3,(H,27,31). The summed E-state index contributed by atoms with van der Waals surface area (Å²) >= 11 is 0. The predicted molar refractivity (Wildman–Crippen MR) is 125 cm³/mol. The first-order valence-electron chi connectivity index (χ1n) is 11.0. The average Bonchev–Trinajstić information content (AvgIpc) is 2.78. The molecule has 0 atom stereocenters. The van der Waals surface area contributed by atoms with Crippen LogP contribution in [0.15, 0.2) is 42.7 Å². The van der Waals surface area contributed by atoms with Gasteiger partial charge in [0.15, 0.2) is 11.6 Å². The summed E-state index contributed by atoms with van der Waals surface area (Å²) in [5.74, 6) is -1.07. The molecule has 0 saturated carbocycles. The number of ether oxygens (including phenoxy) is 2. The maximum atomic E-state index is 14.2. The SMILES string of the molecule is CC(C)(C)OC(=O)NC1CCN(C(=O)C=Cc2cnccc2Oc2ccc([N+](=O)[O-])cc2F)CC1. The van der Waals surface area contributed by atoms with Crippen molar-refractivity contribution in [3.8, 4) is 11.5 Å². The summed E-state index contributed by atoms with van der Waals surface area (Å²) in [4.78, 5) is 40.4. The van der Waals surface area contributed by atoms with Crippen LogP contribution in [-0.4, -0.2) is 51.5 Å². The first-order valence-corrected chi connectivity index (χ1v) is 11.0. The Morgan fingerprint density at radius 3 is 2.57 bits per heavy atom. The van der Waals surface area contributed by atoms with Crippen molar-refractivity contribution >= 4 is 23.8 Å². The molecular weight excluding hydrogens is 459 g/mol. The summed E-state index contributed by atoms with van der Waals surface area (Å²) in [5.41, 5.74) is -0.537. The zero-order valence-corrected chi connectivity index (χ0v) is 19.7. The Morgan fingerprint density at radius 2 is 1.94 bits per heavy atom. The van der Waals surface area contributed by atoms with E-state index < -0.39 is 22.4 Å². The largest absolute Gasteiger partial charge is 0.454 e. The van der Waals surface area contributed by atoms with E-state index in [0.717, 1.165) is 12.1 Å². The number of aromatic nitrogens is 1. The van der Waals surface area contributed by atoms with Crippen LogP contribution in [0.2, 0.25) is 0 Å². The second kappa shape index (κ2) is 10.9. The summed E-state index contributed by atoms with van der Waals surface area (Å²) < 4.78 is 25.1. The van der Waals surface area contributed by atoms with Gasteiger partial charge in [-0.15, -0.1) is 0 Å². The number of carbonyl (C=O) groups is 2. The Balaban J connectivity index is 1.59. The fraction of sp³-hybridized carbons (Fsp3) is 0.375. The van der Waals surface area contributed by atoms with Gasteiger partial charge in [-0.1, -0.05) is 0 Å². The molecular formula is C24H27FN4O6. The molecule has 3 rings (SSSR count). The summed E-state index contributed by atoms with van der Waals surface area (Å²) in [6.07, 6.45) is 6.51. The molecule has 0 radical (unpaired) electrons. The van der Waals surface area contributed by atoms with Crippen molar-refractivity contribution in [1.29, 1.82) is 0 Å². The van der Waals surface area contributed by atoms with Crippen LogP contribution >= 0.6 is 0 Å². The van der Waals surface area contributed by atoms with E-state index in [1.165, 1.54) is 36.7 Å². The van der Waals surface area contributed by atoms with Gasteiger partial charge in [0.25, 0.3) is 5.69 Å². The number of alkyl carbamates (subject to hydrolysis) is 1. The highest BCUT2D eigenvalue weighted by Gasteiger charge is 2.25. The molecule has 10 nitrogen and oxygen atoms in total. The predicted octanol–water partition coefficient (Wildman–Crippen LogP) is 4.45. The van der Waals surface area contributed by atoms with Crippen LogP contribution in [0.5, 0.6) is 11.5 Å². The molecule has 0 aliphatic carbocycles. The zero-order valence-electron chi connectivity index (χ0n) is 19.7. The number of non-ortho nitro benzene ring substituents is 1. The molecule has 0 unspecified atom stereocenters. The number of amides is 2. The van der Waals surface area contributed by atoms with Crippen molar-refractivity contribution in [3.05, 3.63) is 64.2 Å². The van der Waals surface area contributed by atoms with Gasteiger partial charge in [0, 0.05) is 49.2 Å². The van der Waals surface area contributed by atoms with Crippen molar-refractivity contribution in [2.24, 2.45) is 0 Å². The van der Waals surface area contributed by atoms with Crippen molar-refractivity contribution in [1.82, 2.24) is 15.2 Å². The number of hydrogen-bond donors (Lipinski definition) is 1. The first kappa shape index (κ1) is 25.6. The van der Waals surface area contributed by atoms with E-state index in [9.17, 15) is 24.1 Å². The number of likely N-dealkylation sites (tertiary alicyclic amines) is 1. The van der Waals surface area contributed by atoms with Gasteiger partial charge in [-0.3, -0.25) is 19.9 Å². The number of nitrogens with one attached hydrogen (secondary N) is 1. The van der Waals surface area contributed by atoms with Crippen LogP contribution in [0.1, 0.15) is 39.2 Å². The zero-order chi connectivity index (χ0) is 25.6. The Bertz CT molecular complexity index is 1120. The molecule has 2 amide bonds. The second-order valence-electron chi connectivity index (χ2n) is 8.97. The fourth-order valence-corrected chi connectivity index (χ4v) is 3.40. The summed E-state index contributed by atoms with van der Waals surface area (Å²) in [7, 11) is 0. The van der Waals surface area contributed by atoms with Crippen LogP contribution in [0, 0.1) is 15.9 Å². The van der Waals surface area contributed by atoms with Crippen LogP contribution in [-0.2, 0) is 9.53 Å². The van der Waals surface area contributed by atoms with Gasteiger partial charge in [-0.25, -0.2) is 9.18 Å². The van der Waals surface area contributed by atoms with E-state index in [1.807, 2.05) is 0 Å². The second-order valence-corrected chi connectivity index (χ2v) is 8.97. The normalized spacial score (nSPS) is 14.6. The molecule has 0 spiro atoms. The number of hydrogen-bond acceptors (Lipinski definition) is 7. The molecule has 1 aliphatic rings. The number of halogens is 1. The maximum absolute atomic E-state index is 14.2. The maximum Gasteiger partial charge on any atom is 0.407 e. The lowest BCUT2D eigenvalue weighted by atomic mass is 10.1. The number of piperidine rings is 1. The summed E-state index contributed by atoms with van der Waals surface area (Å²) in [5, 5.41) is 13.6. The van der Waals surface area contributed by atoms with E-state index in [2.05, 4.69) is 10.3 Å². The molecule has 1 fully saturated rings. The minimum Gasteiger partial charge on any atom is -0.454 e. The van der Waals surface area contributed by atoms with Gasteiger partial charge in [-0.05, 0) is 51.8 Å². The Labute approximate surface area is 201 Å². The molecule has 11 heteroatoms. The minimum absolute atomic E-state index is 0.0761. The van der Waals surface area contributed by atoms with Crippen LogP contribution in [0.25, 0.3) is 6.08 Å². The highest BCUT2D eigenvalue weighted by molar-refractivity contribution is 5.92. The topological polar surface area (TPSA) is 124 Å². The van der Waals surface area contributed by atoms with Crippen molar-refractivity contribution in [2.45, 2.75) is 45.3 Å². The molecule has 2 aromatic rings. The van der Waals surface area contributed by atoms with Crippen molar-refractivity contribution in [3.63, 3.8) is 0 Å². The molecule has 2 heterocycles. The highest BCUT2D eigenvalue weighted by Crippen LogP contribution is 2.30. The van der Waals surface area contributed by atoms with E-state index >= 15 is 0 Å². The number of nitrogens with zero attached hydrogens (tertiary/aromatic N) is 3. The molecule has 1 aromatic carbocycles. The lowest BCUT2D eigenvalue weighted by Gasteiger charge is -2.32. The van der Waals surface area contributed by atoms with Crippen LogP contribution in [0.3, 0.4) is 0 Å². The quantitative estimate of drug-likeness (QED) is 0.363. The Morgan fingerprint density at radius 1 is 1.23 bits per heavy atom. The molecule has 1 aromatic heterocycles. The third kappa shape index (κ3) is 7.49. The van der Waals surface area contributed by atoms with Gasteiger partial charge in [0.2, 0.25) is 5.91 Å². The van der Waals surface area contributed by atoms with Crippen molar-refractivity contribution < 1.29 is 28.4 Å². The smallest absolute Gasteiger partial charge is 0.407 e. The van der Waals surface area contributed by atoms with E-state index in [1.54, 1.807) is 25.7 Å². The third-order valence-corrected chi connectivity index (χ3v) is 5.09. The highest BCUT2D eigenvalue weighted by atomic mass is 19.1. The number of nitro benzene ring substituents is 1. The number of nitro groups is 1. The monoisotopic (exact) mass is 486 g/mol. The summed E-state index contributed by atoms with van der Waals surface area (Å²) in [6, 6.07) is 4.50. The minimum atomic E-state index is -0.884. The van der Waals surface area contributed by atoms with Crippen LogP contribution < -0.4 is 10.1 Å². The first-order chi connectivity index (χ1) is 16.5. The van der Waals surface area contributed by atoms with Gasteiger partial charge in [0.1, 0.15) is 11.4 Å². The third-order valence-electron chi connectivity index (χ3n) is 5.09. The lowest BCUT2D eigenvalue weighted by molar-refractivity contribution is -0.385. The van der Waals surface area contributed by atoms with Crippen molar-refractivity contribution in [2.75, 3.05) is 13.1 Å². The van der Waals surface area contributed by atoms with Gasteiger partial charge < -0.3 is 19.7 Å². The fourth-order valence-electron chi connectivity index (χ4n) is 3.40.